The smallest absolute Gasteiger partial charge is 0.206 e. The summed E-state index contributed by atoms with van der Waals surface area (Å²) in [6, 6.07) is 20.4. The Morgan fingerprint density at radius 3 is 1.82 bits per heavy atom. The van der Waals surface area contributed by atoms with Crippen LogP contribution in [0.1, 0.15) is 30.9 Å². The number of phenolic OH excluding ortho intramolecular Hbond substituents is 1. The zero-order chi connectivity index (χ0) is 20.3. The fourth-order valence-electron chi connectivity index (χ4n) is 2.92. The molecular formula is C23H24O4S. The third-order valence-electron chi connectivity index (χ3n) is 4.91. The van der Waals surface area contributed by atoms with Gasteiger partial charge in [-0.2, -0.15) is 0 Å². The molecule has 0 radical (unpaired) electrons. The minimum atomic E-state index is -3.54. The van der Waals surface area contributed by atoms with Gasteiger partial charge in [0.15, 0.2) is 0 Å². The summed E-state index contributed by atoms with van der Waals surface area (Å²) in [5.74, 6) is 0.951. The van der Waals surface area contributed by atoms with E-state index in [1.807, 2.05) is 32.9 Å². The summed E-state index contributed by atoms with van der Waals surface area (Å²) in [6.45, 7) is 5.94. The van der Waals surface area contributed by atoms with Crippen molar-refractivity contribution in [2.75, 3.05) is 0 Å². The summed E-state index contributed by atoms with van der Waals surface area (Å²) >= 11 is 0. The van der Waals surface area contributed by atoms with Crippen LogP contribution in [-0.4, -0.2) is 19.6 Å². The Morgan fingerprint density at radius 2 is 1.29 bits per heavy atom. The zero-order valence-electron chi connectivity index (χ0n) is 16.2. The van der Waals surface area contributed by atoms with Gasteiger partial charge in [-0.25, -0.2) is 8.42 Å². The second kappa shape index (κ2) is 8.07. The molecule has 0 spiro atoms. The van der Waals surface area contributed by atoms with Crippen molar-refractivity contribution < 1.29 is 18.3 Å². The van der Waals surface area contributed by atoms with Crippen LogP contribution in [0.4, 0.5) is 0 Å². The average molecular weight is 397 g/mol. The maximum atomic E-state index is 12.7. The predicted octanol–water partition coefficient (Wildman–Crippen LogP) is 5.10. The molecule has 3 aromatic rings. The highest BCUT2D eigenvalue weighted by Crippen LogP contribution is 2.27. The van der Waals surface area contributed by atoms with Gasteiger partial charge < -0.3 is 9.84 Å². The van der Waals surface area contributed by atoms with E-state index in [2.05, 4.69) is 0 Å². The van der Waals surface area contributed by atoms with Gasteiger partial charge in [0.25, 0.3) is 0 Å². The Morgan fingerprint density at radius 1 is 0.786 bits per heavy atom. The van der Waals surface area contributed by atoms with E-state index >= 15 is 0 Å². The molecule has 0 aliphatic heterocycles. The second-order valence-electron chi connectivity index (χ2n) is 6.99. The maximum absolute atomic E-state index is 12.7. The molecule has 146 valence electrons. The number of hydrogen-bond donors (Lipinski definition) is 1. The Kier molecular flexibility index (Phi) is 5.75. The maximum Gasteiger partial charge on any atom is 0.206 e. The van der Waals surface area contributed by atoms with Gasteiger partial charge in [0.1, 0.15) is 17.6 Å². The Labute approximate surface area is 166 Å². The lowest BCUT2D eigenvalue weighted by Gasteiger charge is -2.22. The van der Waals surface area contributed by atoms with E-state index in [9.17, 15) is 13.5 Å². The molecule has 0 saturated heterocycles. The number of aromatic hydroxyl groups is 1. The molecular weight excluding hydrogens is 372 g/mol. The Balaban J connectivity index is 1.73. The van der Waals surface area contributed by atoms with Crippen LogP contribution >= 0.6 is 0 Å². The molecule has 2 atom stereocenters. The van der Waals surface area contributed by atoms with Gasteiger partial charge in [0.2, 0.25) is 9.84 Å². The molecule has 0 aliphatic carbocycles. The lowest BCUT2D eigenvalue weighted by molar-refractivity contribution is 0.195. The first kappa shape index (κ1) is 20.0. The molecule has 3 rings (SSSR count). The van der Waals surface area contributed by atoms with Crippen molar-refractivity contribution in [3.8, 4) is 11.5 Å². The van der Waals surface area contributed by atoms with Crippen LogP contribution < -0.4 is 4.74 Å². The van der Waals surface area contributed by atoms with Gasteiger partial charge in [-0.3, -0.25) is 0 Å². The van der Waals surface area contributed by atoms with E-state index in [-0.39, 0.29) is 27.6 Å². The molecule has 0 amide bonds. The Hall–Kier alpha value is -2.79. The van der Waals surface area contributed by atoms with Crippen LogP contribution in [0.25, 0.3) is 0 Å². The van der Waals surface area contributed by atoms with E-state index in [4.69, 9.17) is 4.74 Å². The predicted molar refractivity (Wildman–Crippen MR) is 110 cm³/mol. The summed E-state index contributed by atoms with van der Waals surface area (Å²) in [5.41, 5.74) is 2.07. The summed E-state index contributed by atoms with van der Waals surface area (Å²) < 4.78 is 31.5. The summed E-state index contributed by atoms with van der Waals surface area (Å²) in [5, 5.41) is 9.42. The van der Waals surface area contributed by atoms with Crippen LogP contribution in [0.2, 0.25) is 0 Å². The molecule has 0 bridgehead atoms. The highest BCUT2D eigenvalue weighted by molar-refractivity contribution is 7.91. The van der Waals surface area contributed by atoms with E-state index in [1.54, 1.807) is 60.7 Å². The molecule has 5 heteroatoms. The second-order valence-corrected chi connectivity index (χ2v) is 8.94. The van der Waals surface area contributed by atoms with Crippen LogP contribution in [0.15, 0.2) is 82.6 Å². The van der Waals surface area contributed by atoms with Crippen molar-refractivity contribution in [1.29, 1.82) is 0 Å². The summed E-state index contributed by atoms with van der Waals surface area (Å²) in [6.07, 6.45) is -0.121. The van der Waals surface area contributed by atoms with Crippen LogP contribution in [-0.2, 0) is 9.84 Å². The quantitative estimate of drug-likeness (QED) is 0.629. The lowest BCUT2D eigenvalue weighted by atomic mass is 9.96. The molecule has 3 aromatic carbocycles. The van der Waals surface area contributed by atoms with Crippen molar-refractivity contribution in [1.82, 2.24) is 0 Å². The molecule has 0 heterocycles. The largest absolute Gasteiger partial charge is 0.508 e. The van der Waals surface area contributed by atoms with Crippen molar-refractivity contribution >= 4 is 9.84 Å². The number of ether oxygens (including phenoxy) is 1. The lowest BCUT2D eigenvalue weighted by Crippen LogP contribution is -2.19. The highest BCUT2D eigenvalue weighted by atomic mass is 32.2. The Bertz CT molecular complexity index is 1020. The zero-order valence-corrected chi connectivity index (χ0v) is 17.0. The van der Waals surface area contributed by atoms with Crippen LogP contribution in [0.3, 0.4) is 0 Å². The number of hydrogen-bond acceptors (Lipinski definition) is 4. The van der Waals surface area contributed by atoms with Crippen molar-refractivity contribution in [2.45, 2.75) is 42.6 Å². The van der Waals surface area contributed by atoms with E-state index in [0.717, 1.165) is 11.1 Å². The van der Waals surface area contributed by atoms with Gasteiger partial charge in [0.05, 0.1) is 9.79 Å². The van der Waals surface area contributed by atoms with E-state index in [0.29, 0.717) is 5.75 Å². The van der Waals surface area contributed by atoms with Gasteiger partial charge in [0, 0.05) is 5.92 Å². The van der Waals surface area contributed by atoms with Gasteiger partial charge >= 0.3 is 0 Å². The average Bonchev–Trinajstić information content (AvgIpc) is 2.69. The molecule has 1 N–H and O–H groups in total. The normalized spacial score (nSPS) is 13.7. The van der Waals surface area contributed by atoms with E-state index in [1.165, 1.54) is 0 Å². The van der Waals surface area contributed by atoms with Crippen molar-refractivity contribution in [3.05, 3.63) is 83.9 Å². The number of sulfone groups is 1. The summed E-state index contributed by atoms with van der Waals surface area (Å²) in [4.78, 5) is 0.518. The number of rotatable bonds is 6. The SMILES string of the molecule is Cc1ccc(S(=O)(=O)c2ccc(OC(C)C(C)c3ccc(O)cc3)cc2)cc1. The monoisotopic (exact) mass is 396 g/mol. The molecule has 0 aliphatic rings. The van der Waals surface area contributed by atoms with E-state index < -0.39 is 9.84 Å². The van der Waals surface area contributed by atoms with Crippen LogP contribution in [0.5, 0.6) is 11.5 Å². The topological polar surface area (TPSA) is 63.6 Å². The minimum absolute atomic E-state index is 0.108. The fraction of sp³-hybridized carbons (Fsp3) is 0.217. The fourth-order valence-corrected chi connectivity index (χ4v) is 4.18. The summed E-state index contributed by atoms with van der Waals surface area (Å²) in [7, 11) is -3.54. The molecule has 28 heavy (non-hydrogen) atoms. The van der Waals surface area contributed by atoms with Crippen molar-refractivity contribution in [3.63, 3.8) is 0 Å². The van der Waals surface area contributed by atoms with Crippen LogP contribution in [0, 0.1) is 6.92 Å². The molecule has 0 fully saturated rings. The third-order valence-corrected chi connectivity index (χ3v) is 6.70. The highest BCUT2D eigenvalue weighted by Gasteiger charge is 2.19. The first-order valence-corrected chi connectivity index (χ1v) is 10.6. The molecule has 0 saturated carbocycles. The van der Waals surface area contributed by atoms with Gasteiger partial charge in [-0.15, -0.1) is 0 Å². The molecule has 4 nitrogen and oxygen atoms in total. The third kappa shape index (κ3) is 4.37. The molecule has 2 unspecified atom stereocenters. The first-order valence-electron chi connectivity index (χ1n) is 9.15. The first-order chi connectivity index (χ1) is 13.3. The van der Waals surface area contributed by atoms with Crippen molar-refractivity contribution in [2.24, 2.45) is 0 Å². The molecule has 0 aromatic heterocycles. The van der Waals surface area contributed by atoms with Gasteiger partial charge in [-0.1, -0.05) is 36.8 Å². The number of benzene rings is 3. The number of phenols is 1. The standard InChI is InChI=1S/C23H24O4S/c1-16-4-12-22(13-5-16)28(25,26)23-14-10-21(11-15-23)27-18(3)17(2)19-6-8-20(24)9-7-19/h4-15,17-18,24H,1-3H3. The van der Waals surface area contributed by atoms with Gasteiger partial charge in [-0.05, 0) is 67.9 Å². The minimum Gasteiger partial charge on any atom is -0.508 e. The number of aryl methyl sites for hydroxylation is 1.